The molecule has 3 saturated carbocycles. The van der Waals surface area contributed by atoms with Crippen LogP contribution < -0.4 is 0 Å². The molecule has 3 fully saturated rings. The first-order valence-corrected chi connectivity index (χ1v) is 13.6. The molecule has 0 radical (unpaired) electrons. The van der Waals surface area contributed by atoms with Gasteiger partial charge in [-0.2, -0.15) is 0 Å². The van der Waals surface area contributed by atoms with Gasteiger partial charge in [-0.15, -0.1) is 0 Å². The molecule has 0 spiro atoms. The average molecular weight is 441 g/mol. The largest absolute Gasteiger partial charge is 0.462 e. The molecule has 2 heteroatoms. The monoisotopic (exact) mass is 440 g/mol. The van der Waals surface area contributed by atoms with Gasteiger partial charge in [-0.1, -0.05) is 65.3 Å². The maximum Gasteiger partial charge on any atom is 0.302 e. The normalized spacial score (nSPS) is 43.2. The van der Waals surface area contributed by atoms with Crippen LogP contribution in [0, 0.1) is 52.3 Å². The van der Waals surface area contributed by atoms with Gasteiger partial charge >= 0.3 is 5.97 Å². The van der Waals surface area contributed by atoms with E-state index < -0.39 is 0 Å². The van der Waals surface area contributed by atoms with Crippen LogP contribution in [0.15, 0.2) is 23.8 Å². The van der Waals surface area contributed by atoms with E-state index in [1.165, 1.54) is 38.5 Å². The van der Waals surface area contributed by atoms with Gasteiger partial charge in [0.15, 0.2) is 0 Å². The summed E-state index contributed by atoms with van der Waals surface area (Å²) in [6.45, 7) is 16.3. The highest BCUT2D eigenvalue weighted by atomic mass is 16.5. The Labute approximate surface area is 197 Å². The third kappa shape index (κ3) is 4.14. The van der Waals surface area contributed by atoms with Crippen molar-refractivity contribution in [1.82, 2.24) is 0 Å². The number of esters is 1. The van der Waals surface area contributed by atoms with Gasteiger partial charge in [0.05, 0.1) is 0 Å². The summed E-state index contributed by atoms with van der Waals surface area (Å²) in [6.07, 6.45) is 17.8. The first-order chi connectivity index (χ1) is 15.1. The van der Waals surface area contributed by atoms with E-state index in [1.54, 1.807) is 12.5 Å². The van der Waals surface area contributed by atoms with Crippen molar-refractivity contribution in [2.24, 2.45) is 52.3 Å². The molecule has 0 aromatic rings. The minimum absolute atomic E-state index is 0.106. The van der Waals surface area contributed by atoms with E-state index in [4.69, 9.17) is 4.74 Å². The van der Waals surface area contributed by atoms with Gasteiger partial charge in [-0.3, -0.25) is 4.79 Å². The van der Waals surface area contributed by atoms with E-state index in [1.807, 2.05) is 0 Å². The quantitative estimate of drug-likeness (QED) is 0.320. The van der Waals surface area contributed by atoms with Gasteiger partial charge in [0.2, 0.25) is 0 Å². The fourth-order valence-electron chi connectivity index (χ4n) is 8.57. The Morgan fingerprint density at radius 2 is 1.78 bits per heavy atom. The Kier molecular flexibility index (Phi) is 6.74. The Morgan fingerprint density at radius 3 is 2.47 bits per heavy atom. The van der Waals surface area contributed by atoms with E-state index in [-0.39, 0.29) is 12.1 Å². The zero-order chi connectivity index (χ0) is 23.3. The summed E-state index contributed by atoms with van der Waals surface area (Å²) in [5.41, 5.74) is 2.44. The lowest BCUT2D eigenvalue weighted by Crippen LogP contribution is -2.51. The standard InChI is InChI=1S/C30H48O2/c1-19(2)20(3)8-9-21(4)26-12-13-27-25-11-10-23-18-24(32-22(5)31)14-16-29(23,6)28(25)15-17-30(26,27)7/h8-10,19-21,24-28H,11-18H2,1-7H3/b9-8+/t20-,21-,24-,25-,26+,27-,28-,29-,30+/m0/s1. The third-order valence-corrected chi connectivity index (χ3v) is 10.9. The van der Waals surface area contributed by atoms with Crippen molar-refractivity contribution in [3.63, 3.8) is 0 Å². The van der Waals surface area contributed by atoms with Crippen molar-refractivity contribution in [3.05, 3.63) is 23.8 Å². The van der Waals surface area contributed by atoms with Gasteiger partial charge in [0, 0.05) is 13.3 Å². The second-order valence-corrected chi connectivity index (χ2v) is 12.8. The summed E-state index contributed by atoms with van der Waals surface area (Å²) >= 11 is 0. The molecule has 0 aromatic heterocycles. The van der Waals surface area contributed by atoms with Crippen LogP contribution in [0.4, 0.5) is 0 Å². The zero-order valence-corrected chi connectivity index (χ0v) is 21.8. The molecular weight excluding hydrogens is 392 g/mol. The van der Waals surface area contributed by atoms with Crippen molar-refractivity contribution >= 4 is 5.97 Å². The molecule has 0 aromatic carbocycles. The topological polar surface area (TPSA) is 26.3 Å². The van der Waals surface area contributed by atoms with E-state index in [9.17, 15) is 4.79 Å². The Morgan fingerprint density at radius 1 is 1.03 bits per heavy atom. The minimum Gasteiger partial charge on any atom is -0.462 e. The first-order valence-electron chi connectivity index (χ1n) is 13.6. The average Bonchev–Trinajstić information content (AvgIpc) is 3.08. The molecule has 0 N–H and O–H groups in total. The smallest absolute Gasteiger partial charge is 0.302 e. The Bertz CT molecular complexity index is 763. The lowest BCUT2D eigenvalue weighted by atomic mass is 9.47. The predicted molar refractivity (Wildman–Crippen MR) is 133 cm³/mol. The second-order valence-electron chi connectivity index (χ2n) is 12.8. The molecule has 4 aliphatic carbocycles. The molecule has 180 valence electrons. The van der Waals surface area contributed by atoms with E-state index in [0.29, 0.717) is 22.7 Å². The van der Waals surface area contributed by atoms with Crippen LogP contribution in [0.3, 0.4) is 0 Å². The molecule has 2 nitrogen and oxygen atoms in total. The van der Waals surface area contributed by atoms with Crippen LogP contribution in [0.25, 0.3) is 0 Å². The highest BCUT2D eigenvalue weighted by Gasteiger charge is 2.59. The van der Waals surface area contributed by atoms with Gasteiger partial charge in [0.25, 0.3) is 0 Å². The van der Waals surface area contributed by atoms with Crippen molar-refractivity contribution in [3.8, 4) is 0 Å². The number of hydrogen-bond donors (Lipinski definition) is 0. The molecule has 32 heavy (non-hydrogen) atoms. The summed E-state index contributed by atoms with van der Waals surface area (Å²) in [5.74, 6) is 5.35. The van der Waals surface area contributed by atoms with Crippen LogP contribution in [-0.2, 0) is 9.53 Å². The molecule has 0 saturated heterocycles. The number of fused-ring (bicyclic) bond motifs is 5. The maximum absolute atomic E-state index is 11.5. The van der Waals surface area contributed by atoms with Crippen molar-refractivity contribution < 1.29 is 9.53 Å². The summed E-state index contributed by atoms with van der Waals surface area (Å²) in [7, 11) is 0. The Hall–Kier alpha value is -1.05. The molecule has 0 aliphatic heterocycles. The van der Waals surface area contributed by atoms with E-state index in [2.05, 4.69) is 59.8 Å². The van der Waals surface area contributed by atoms with Crippen LogP contribution in [0.1, 0.15) is 99.8 Å². The fraction of sp³-hybridized carbons (Fsp3) is 0.833. The van der Waals surface area contributed by atoms with Crippen molar-refractivity contribution in [2.45, 2.75) is 106 Å². The van der Waals surface area contributed by atoms with Crippen LogP contribution >= 0.6 is 0 Å². The molecule has 4 aliphatic rings. The third-order valence-electron chi connectivity index (χ3n) is 10.9. The summed E-state index contributed by atoms with van der Waals surface area (Å²) in [6, 6.07) is 0. The van der Waals surface area contributed by atoms with Gasteiger partial charge in [0.1, 0.15) is 6.10 Å². The second kappa shape index (κ2) is 8.95. The summed E-state index contributed by atoms with van der Waals surface area (Å²) in [4.78, 5) is 11.5. The lowest BCUT2D eigenvalue weighted by molar-refractivity contribution is -0.148. The molecule has 4 rings (SSSR count). The van der Waals surface area contributed by atoms with E-state index in [0.717, 1.165) is 42.4 Å². The number of hydrogen-bond acceptors (Lipinski definition) is 2. The number of allylic oxidation sites excluding steroid dienone is 3. The number of carbonyl (C=O) groups is 1. The van der Waals surface area contributed by atoms with Crippen molar-refractivity contribution in [1.29, 1.82) is 0 Å². The molecule has 9 atom stereocenters. The van der Waals surface area contributed by atoms with Crippen molar-refractivity contribution in [2.75, 3.05) is 0 Å². The van der Waals surface area contributed by atoms with E-state index >= 15 is 0 Å². The lowest BCUT2D eigenvalue weighted by Gasteiger charge is -2.58. The summed E-state index contributed by atoms with van der Waals surface area (Å²) in [5, 5.41) is 0. The maximum atomic E-state index is 11.5. The summed E-state index contributed by atoms with van der Waals surface area (Å²) < 4.78 is 5.62. The molecule has 0 amide bonds. The molecule has 0 bridgehead atoms. The molecular formula is C30H48O2. The minimum atomic E-state index is -0.121. The van der Waals surface area contributed by atoms with Crippen LogP contribution in [0.5, 0.6) is 0 Å². The highest BCUT2D eigenvalue weighted by molar-refractivity contribution is 5.66. The highest BCUT2D eigenvalue weighted by Crippen LogP contribution is 2.67. The number of ether oxygens (including phenoxy) is 1. The number of carbonyl (C=O) groups excluding carboxylic acids is 1. The molecule has 0 unspecified atom stereocenters. The Balaban J connectivity index is 1.50. The SMILES string of the molecule is CC(=O)O[C@H]1CC[C@@]2(C)C(=CC[C@H]3[C@@H]4CC[C@H]([C@@H](C)/C=C/[C@H](C)C(C)C)[C@@]4(C)CC[C@@H]32)C1. The van der Waals surface area contributed by atoms with Gasteiger partial charge < -0.3 is 4.74 Å². The zero-order valence-electron chi connectivity index (χ0n) is 21.8. The van der Waals surface area contributed by atoms with Crippen LogP contribution in [0.2, 0.25) is 0 Å². The van der Waals surface area contributed by atoms with Gasteiger partial charge in [-0.25, -0.2) is 0 Å². The first kappa shape index (κ1) is 24.1. The van der Waals surface area contributed by atoms with Gasteiger partial charge in [-0.05, 0) is 97.2 Å². The fourth-order valence-corrected chi connectivity index (χ4v) is 8.57. The number of rotatable bonds is 5. The predicted octanol–water partition coefficient (Wildman–Crippen LogP) is 7.98. The van der Waals surface area contributed by atoms with Crippen LogP contribution in [-0.4, -0.2) is 12.1 Å². The molecule has 0 heterocycles.